The van der Waals surface area contributed by atoms with Gasteiger partial charge in [-0.3, -0.25) is 4.79 Å². The Morgan fingerprint density at radius 2 is 1.61 bits per heavy atom. The van der Waals surface area contributed by atoms with E-state index in [4.69, 9.17) is 0 Å². The molecule has 0 aromatic heterocycles. The summed E-state index contributed by atoms with van der Waals surface area (Å²) in [5, 5.41) is 8.62. The van der Waals surface area contributed by atoms with Gasteiger partial charge in [0.1, 0.15) is 5.82 Å². The van der Waals surface area contributed by atoms with Gasteiger partial charge >= 0.3 is 6.03 Å². The van der Waals surface area contributed by atoms with E-state index in [-0.39, 0.29) is 24.3 Å². The monoisotopic (exact) mass is 446 g/mol. The zero-order chi connectivity index (χ0) is 23.2. The number of nitrogens with one attached hydrogen (secondary N) is 3. The van der Waals surface area contributed by atoms with Gasteiger partial charge in [0.15, 0.2) is 0 Å². The molecule has 3 aromatic carbocycles. The van der Waals surface area contributed by atoms with Gasteiger partial charge in [0.05, 0.1) is 11.4 Å². The number of carbonyl (C=O) groups excluding carboxylic acids is 2. The Morgan fingerprint density at radius 1 is 0.909 bits per heavy atom. The first-order chi connectivity index (χ1) is 16.0. The lowest BCUT2D eigenvalue weighted by Gasteiger charge is -2.22. The molecule has 7 heteroatoms. The van der Waals surface area contributed by atoms with Crippen LogP contribution < -0.4 is 20.9 Å². The number of rotatable bonds is 6. The van der Waals surface area contributed by atoms with E-state index < -0.39 is 0 Å². The van der Waals surface area contributed by atoms with E-state index in [0.717, 1.165) is 42.7 Å². The van der Waals surface area contributed by atoms with Crippen LogP contribution in [0.15, 0.2) is 66.7 Å². The Hall–Kier alpha value is -3.87. The van der Waals surface area contributed by atoms with Gasteiger partial charge in [-0.05, 0) is 67.8 Å². The van der Waals surface area contributed by atoms with Gasteiger partial charge in [-0.1, -0.05) is 29.8 Å². The molecule has 0 atom stereocenters. The Labute approximate surface area is 192 Å². The normalized spacial score (nSPS) is 13.0. The first kappa shape index (κ1) is 22.3. The number of halogens is 1. The summed E-state index contributed by atoms with van der Waals surface area (Å²) in [6, 6.07) is 18.5. The molecular formula is C26H27FN4O2. The standard InChI is InChI=1S/C26H27FN4O2/c1-18-4-8-20(9-5-18)25(32)29-22-12-13-24(31-14-2-3-15-31)23(16-22)30-26(33)28-17-19-6-10-21(27)11-7-19/h4-13,16H,2-3,14-15,17H2,1H3,(H,29,32)(H2,28,30,33). The highest BCUT2D eigenvalue weighted by Crippen LogP contribution is 2.32. The van der Waals surface area contributed by atoms with Crippen molar-refractivity contribution in [2.24, 2.45) is 0 Å². The SMILES string of the molecule is Cc1ccc(C(=O)Nc2ccc(N3CCCC3)c(NC(=O)NCc3ccc(F)cc3)c2)cc1. The number of amides is 3. The van der Waals surface area contributed by atoms with Crippen LogP contribution in [0.25, 0.3) is 0 Å². The molecule has 170 valence electrons. The lowest BCUT2D eigenvalue weighted by atomic mass is 10.1. The van der Waals surface area contributed by atoms with Crippen LogP contribution in [0, 0.1) is 12.7 Å². The van der Waals surface area contributed by atoms with Gasteiger partial charge in [-0.2, -0.15) is 0 Å². The second-order valence-electron chi connectivity index (χ2n) is 8.18. The molecule has 6 nitrogen and oxygen atoms in total. The van der Waals surface area contributed by atoms with Crippen LogP contribution in [0.5, 0.6) is 0 Å². The molecule has 0 unspecified atom stereocenters. The average Bonchev–Trinajstić information content (AvgIpc) is 3.34. The third-order valence-electron chi connectivity index (χ3n) is 5.63. The minimum atomic E-state index is -0.373. The molecule has 3 N–H and O–H groups in total. The minimum Gasteiger partial charge on any atom is -0.370 e. The maximum Gasteiger partial charge on any atom is 0.319 e. The summed E-state index contributed by atoms with van der Waals surface area (Å²) in [4.78, 5) is 27.5. The van der Waals surface area contributed by atoms with Crippen molar-refractivity contribution in [1.82, 2.24) is 5.32 Å². The summed E-state index contributed by atoms with van der Waals surface area (Å²) in [5.41, 5.74) is 4.58. The number of hydrogen-bond donors (Lipinski definition) is 3. The predicted octanol–water partition coefficient (Wildman–Crippen LogP) is 5.31. The van der Waals surface area contributed by atoms with Crippen LogP contribution in [0.4, 0.5) is 26.2 Å². The largest absolute Gasteiger partial charge is 0.370 e. The lowest BCUT2D eigenvalue weighted by molar-refractivity contribution is 0.102. The van der Waals surface area contributed by atoms with E-state index in [0.29, 0.717) is 16.9 Å². The highest BCUT2D eigenvalue weighted by Gasteiger charge is 2.18. The molecule has 0 saturated carbocycles. The Kier molecular flexibility index (Phi) is 6.88. The Bertz CT molecular complexity index is 1120. The summed E-state index contributed by atoms with van der Waals surface area (Å²) < 4.78 is 13.1. The molecule has 4 rings (SSSR count). The molecule has 3 aromatic rings. The predicted molar refractivity (Wildman–Crippen MR) is 129 cm³/mol. The summed E-state index contributed by atoms with van der Waals surface area (Å²) in [6.45, 7) is 4.08. The quantitative estimate of drug-likeness (QED) is 0.481. The highest BCUT2D eigenvalue weighted by atomic mass is 19.1. The fourth-order valence-corrected chi connectivity index (χ4v) is 3.81. The van der Waals surface area contributed by atoms with E-state index in [9.17, 15) is 14.0 Å². The Balaban J connectivity index is 1.48. The molecule has 1 heterocycles. The van der Waals surface area contributed by atoms with Gasteiger partial charge in [-0.25, -0.2) is 9.18 Å². The van der Waals surface area contributed by atoms with Crippen LogP contribution in [0.1, 0.15) is 34.3 Å². The van der Waals surface area contributed by atoms with Crippen molar-refractivity contribution < 1.29 is 14.0 Å². The number of hydrogen-bond acceptors (Lipinski definition) is 3. The highest BCUT2D eigenvalue weighted by molar-refractivity contribution is 6.05. The van der Waals surface area contributed by atoms with E-state index in [1.165, 1.54) is 12.1 Å². The maximum atomic E-state index is 13.1. The van der Waals surface area contributed by atoms with Crippen molar-refractivity contribution >= 4 is 29.0 Å². The smallest absolute Gasteiger partial charge is 0.319 e. The lowest BCUT2D eigenvalue weighted by Crippen LogP contribution is -2.29. The van der Waals surface area contributed by atoms with E-state index in [1.807, 2.05) is 31.2 Å². The average molecular weight is 447 g/mol. The van der Waals surface area contributed by atoms with Gasteiger partial charge < -0.3 is 20.9 Å². The first-order valence-electron chi connectivity index (χ1n) is 11.0. The number of benzene rings is 3. The molecule has 1 aliphatic rings. The summed E-state index contributed by atoms with van der Waals surface area (Å²) in [7, 11) is 0. The zero-order valence-electron chi connectivity index (χ0n) is 18.5. The van der Waals surface area contributed by atoms with E-state index in [1.54, 1.807) is 30.3 Å². The van der Waals surface area contributed by atoms with Crippen LogP contribution in [-0.2, 0) is 6.54 Å². The van der Waals surface area contributed by atoms with Gasteiger partial charge in [-0.15, -0.1) is 0 Å². The summed E-state index contributed by atoms with van der Waals surface area (Å²) in [5.74, 6) is -0.529. The molecule has 0 aliphatic carbocycles. The molecule has 0 bridgehead atoms. The van der Waals surface area contributed by atoms with Crippen molar-refractivity contribution in [2.75, 3.05) is 28.6 Å². The van der Waals surface area contributed by atoms with Crippen LogP contribution >= 0.6 is 0 Å². The fraction of sp³-hybridized carbons (Fsp3) is 0.231. The molecule has 1 fully saturated rings. The maximum absolute atomic E-state index is 13.1. The van der Waals surface area contributed by atoms with Crippen LogP contribution in [0.3, 0.4) is 0 Å². The zero-order valence-corrected chi connectivity index (χ0v) is 18.5. The van der Waals surface area contributed by atoms with Crippen LogP contribution in [0.2, 0.25) is 0 Å². The fourth-order valence-electron chi connectivity index (χ4n) is 3.81. The third kappa shape index (κ3) is 5.88. The first-order valence-corrected chi connectivity index (χ1v) is 11.0. The minimum absolute atomic E-state index is 0.212. The van der Waals surface area contributed by atoms with Gasteiger partial charge in [0.2, 0.25) is 0 Å². The molecule has 1 saturated heterocycles. The Morgan fingerprint density at radius 3 is 2.30 bits per heavy atom. The molecule has 0 spiro atoms. The van der Waals surface area contributed by atoms with E-state index >= 15 is 0 Å². The van der Waals surface area contributed by atoms with Crippen molar-refractivity contribution in [3.63, 3.8) is 0 Å². The van der Waals surface area contributed by atoms with Crippen molar-refractivity contribution in [3.8, 4) is 0 Å². The topological polar surface area (TPSA) is 73.5 Å². The third-order valence-corrected chi connectivity index (χ3v) is 5.63. The summed E-state index contributed by atoms with van der Waals surface area (Å²) >= 11 is 0. The molecule has 0 radical (unpaired) electrons. The number of nitrogens with zero attached hydrogens (tertiary/aromatic N) is 1. The second kappa shape index (κ2) is 10.2. The van der Waals surface area contributed by atoms with Crippen molar-refractivity contribution in [3.05, 3.63) is 89.2 Å². The molecule has 33 heavy (non-hydrogen) atoms. The van der Waals surface area contributed by atoms with Gasteiger partial charge in [0.25, 0.3) is 5.91 Å². The molecule has 1 aliphatic heterocycles. The number of aryl methyl sites for hydroxylation is 1. The van der Waals surface area contributed by atoms with Crippen molar-refractivity contribution in [2.45, 2.75) is 26.3 Å². The molecular weight excluding hydrogens is 419 g/mol. The second-order valence-corrected chi connectivity index (χ2v) is 8.18. The number of urea groups is 1. The summed E-state index contributed by atoms with van der Waals surface area (Å²) in [6.07, 6.45) is 2.20. The number of carbonyl (C=O) groups is 2. The van der Waals surface area contributed by atoms with Gasteiger partial charge in [0, 0.05) is 30.9 Å². The van der Waals surface area contributed by atoms with E-state index in [2.05, 4.69) is 20.9 Å². The number of anilines is 3. The van der Waals surface area contributed by atoms with Crippen molar-refractivity contribution in [1.29, 1.82) is 0 Å². The molecule has 3 amide bonds. The van der Waals surface area contributed by atoms with Crippen LogP contribution in [-0.4, -0.2) is 25.0 Å².